The molecule has 0 saturated carbocycles. The quantitative estimate of drug-likeness (QED) is 0.850. The summed E-state index contributed by atoms with van der Waals surface area (Å²) in [5.41, 5.74) is 1.79. The molecule has 3 heterocycles. The molecule has 0 radical (unpaired) electrons. The summed E-state index contributed by atoms with van der Waals surface area (Å²) in [6, 6.07) is 10.4. The molecule has 2 saturated heterocycles. The van der Waals surface area contributed by atoms with Crippen molar-refractivity contribution < 1.29 is 4.79 Å². The van der Waals surface area contributed by atoms with Crippen LogP contribution in [0.3, 0.4) is 0 Å². The standard InChI is InChI=1S/C20H26N4OS2/c25-20(22-17-5-1-6-18(12-17)24-9-3-7-21-24)16-4-2-8-23(13-16)19-14-26-10-11-27-15-19/h1,3,5-7,9,12,16,19H,2,4,8,10-11,13-15H2,(H,22,25). The van der Waals surface area contributed by atoms with E-state index in [1.165, 1.54) is 23.0 Å². The van der Waals surface area contributed by atoms with Crippen molar-refractivity contribution in [3.8, 4) is 5.69 Å². The summed E-state index contributed by atoms with van der Waals surface area (Å²) >= 11 is 4.12. The lowest BCUT2D eigenvalue weighted by molar-refractivity contribution is -0.121. The Morgan fingerprint density at radius 1 is 1.19 bits per heavy atom. The number of aromatic nitrogens is 2. The van der Waals surface area contributed by atoms with Crippen molar-refractivity contribution in [1.29, 1.82) is 0 Å². The second kappa shape index (κ2) is 9.17. The lowest BCUT2D eigenvalue weighted by atomic mass is 9.96. The Labute approximate surface area is 169 Å². The molecule has 5 nitrogen and oxygen atoms in total. The van der Waals surface area contributed by atoms with E-state index in [-0.39, 0.29) is 11.8 Å². The summed E-state index contributed by atoms with van der Waals surface area (Å²) in [5.74, 6) is 5.13. The molecule has 1 unspecified atom stereocenters. The first kappa shape index (κ1) is 18.9. The number of amides is 1. The normalized spacial score (nSPS) is 22.3. The molecule has 2 aromatic rings. The molecule has 0 bridgehead atoms. The molecule has 0 aliphatic carbocycles. The maximum atomic E-state index is 12.9. The lowest BCUT2D eigenvalue weighted by Gasteiger charge is -2.37. The number of thioether (sulfide) groups is 2. The number of anilines is 1. The summed E-state index contributed by atoms with van der Waals surface area (Å²) in [6.07, 6.45) is 5.75. The van der Waals surface area contributed by atoms with Crippen LogP contribution in [-0.4, -0.2) is 62.7 Å². The van der Waals surface area contributed by atoms with Crippen LogP contribution in [0.1, 0.15) is 12.8 Å². The summed E-state index contributed by atoms with van der Waals surface area (Å²) in [4.78, 5) is 15.4. The Bertz CT molecular complexity index is 744. The molecule has 144 valence electrons. The third kappa shape index (κ3) is 4.89. The van der Waals surface area contributed by atoms with Crippen molar-refractivity contribution in [2.24, 2.45) is 5.92 Å². The van der Waals surface area contributed by atoms with Crippen LogP contribution in [0.5, 0.6) is 0 Å². The Morgan fingerprint density at radius 2 is 2.04 bits per heavy atom. The van der Waals surface area contributed by atoms with E-state index in [0.717, 1.165) is 37.3 Å². The van der Waals surface area contributed by atoms with Gasteiger partial charge in [-0.3, -0.25) is 9.69 Å². The highest BCUT2D eigenvalue weighted by molar-refractivity contribution is 8.03. The minimum absolute atomic E-state index is 0.0744. The van der Waals surface area contributed by atoms with Gasteiger partial charge in [-0.1, -0.05) is 6.07 Å². The molecule has 7 heteroatoms. The smallest absolute Gasteiger partial charge is 0.228 e. The van der Waals surface area contributed by atoms with Crippen LogP contribution in [0, 0.1) is 5.92 Å². The number of nitrogens with one attached hydrogen (secondary N) is 1. The summed E-state index contributed by atoms with van der Waals surface area (Å²) in [5, 5.41) is 7.39. The average Bonchev–Trinajstić information content (AvgIpc) is 3.11. The maximum absolute atomic E-state index is 12.9. The van der Waals surface area contributed by atoms with E-state index in [4.69, 9.17) is 0 Å². The van der Waals surface area contributed by atoms with Gasteiger partial charge in [0.15, 0.2) is 0 Å². The molecule has 2 aliphatic heterocycles. The second-order valence-electron chi connectivity index (χ2n) is 7.13. The lowest BCUT2D eigenvalue weighted by Crippen LogP contribution is -2.47. The molecule has 1 aromatic carbocycles. The predicted octanol–water partition coefficient (Wildman–Crippen LogP) is 3.37. The van der Waals surface area contributed by atoms with E-state index in [0.29, 0.717) is 6.04 Å². The van der Waals surface area contributed by atoms with E-state index >= 15 is 0 Å². The van der Waals surface area contributed by atoms with Gasteiger partial charge in [0, 0.05) is 53.7 Å². The predicted molar refractivity (Wildman–Crippen MR) is 115 cm³/mol. The third-order valence-corrected chi connectivity index (χ3v) is 7.70. The second-order valence-corrected chi connectivity index (χ2v) is 9.43. The third-order valence-electron chi connectivity index (χ3n) is 5.22. The minimum Gasteiger partial charge on any atom is -0.326 e. The average molecular weight is 403 g/mol. The number of rotatable bonds is 4. The fourth-order valence-electron chi connectivity index (χ4n) is 3.76. The number of benzene rings is 1. The molecule has 27 heavy (non-hydrogen) atoms. The van der Waals surface area contributed by atoms with Gasteiger partial charge in [-0.05, 0) is 43.7 Å². The van der Waals surface area contributed by atoms with Gasteiger partial charge in [-0.25, -0.2) is 4.68 Å². The number of hydrogen-bond donors (Lipinski definition) is 1. The van der Waals surface area contributed by atoms with Gasteiger partial charge in [0.25, 0.3) is 0 Å². The Kier molecular flexibility index (Phi) is 6.42. The summed E-state index contributed by atoms with van der Waals surface area (Å²) < 4.78 is 1.80. The molecule has 1 amide bonds. The van der Waals surface area contributed by atoms with Gasteiger partial charge in [0.2, 0.25) is 5.91 Å². The molecule has 1 aromatic heterocycles. The van der Waals surface area contributed by atoms with Gasteiger partial charge in [-0.2, -0.15) is 28.6 Å². The highest BCUT2D eigenvalue weighted by atomic mass is 32.2. The zero-order valence-electron chi connectivity index (χ0n) is 15.4. The zero-order chi connectivity index (χ0) is 18.5. The molecule has 1 N–H and O–H groups in total. The number of hydrogen-bond acceptors (Lipinski definition) is 5. The number of carbonyl (C=O) groups excluding carboxylic acids is 1. The van der Waals surface area contributed by atoms with Crippen molar-refractivity contribution in [3.05, 3.63) is 42.7 Å². The zero-order valence-corrected chi connectivity index (χ0v) is 17.1. The van der Waals surface area contributed by atoms with Crippen LogP contribution in [0.25, 0.3) is 5.69 Å². The van der Waals surface area contributed by atoms with Crippen LogP contribution in [-0.2, 0) is 4.79 Å². The Hall–Kier alpha value is -1.44. The fourth-order valence-corrected chi connectivity index (χ4v) is 6.39. The summed E-state index contributed by atoms with van der Waals surface area (Å²) in [7, 11) is 0. The van der Waals surface area contributed by atoms with Crippen molar-refractivity contribution in [2.75, 3.05) is 41.4 Å². The molecule has 0 spiro atoms. The molecular formula is C20H26N4OS2. The fraction of sp³-hybridized carbons (Fsp3) is 0.500. The molecular weight excluding hydrogens is 376 g/mol. The van der Waals surface area contributed by atoms with Gasteiger partial charge < -0.3 is 5.32 Å². The molecule has 1 atom stereocenters. The van der Waals surface area contributed by atoms with Crippen LogP contribution in [0.2, 0.25) is 0 Å². The Morgan fingerprint density at radius 3 is 2.81 bits per heavy atom. The molecule has 2 fully saturated rings. The van der Waals surface area contributed by atoms with Crippen molar-refractivity contribution in [1.82, 2.24) is 14.7 Å². The van der Waals surface area contributed by atoms with Gasteiger partial charge in [0.05, 0.1) is 11.6 Å². The molecule has 2 aliphatic rings. The van der Waals surface area contributed by atoms with Crippen LogP contribution in [0.4, 0.5) is 5.69 Å². The monoisotopic (exact) mass is 402 g/mol. The maximum Gasteiger partial charge on any atom is 0.228 e. The highest BCUT2D eigenvalue weighted by Crippen LogP contribution is 2.26. The first-order chi connectivity index (χ1) is 13.3. The number of carbonyl (C=O) groups is 1. The largest absolute Gasteiger partial charge is 0.326 e. The van der Waals surface area contributed by atoms with E-state index in [9.17, 15) is 4.79 Å². The van der Waals surface area contributed by atoms with Crippen LogP contribution >= 0.6 is 23.5 Å². The van der Waals surface area contributed by atoms with Crippen molar-refractivity contribution >= 4 is 35.1 Å². The Balaban J connectivity index is 1.38. The van der Waals surface area contributed by atoms with Crippen LogP contribution in [0.15, 0.2) is 42.7 Å². The van der Waals surface area contributed by atoms with Crippen LogP contribution < -0.4 is 5.32 Å². The van der Waals surface area contributed by atoms with Crippen molar-refractivity contribution in [2.45, 2.75) is 18.9 Å². The number of piperidine rings is 1. The van der Waals surface area contributed by atoms with Gasteiger partial charge in [-0.15, -0.1) is 0 Å². The van der Waals surface area contributed by atoms with Crippen molar-refractivity contribution in [3.63, 3.8) is 0 Å². The van der Waals surface area contributed by atoms with Gasteiger partial charge in [0.1, 0.15) is 0 Å². The SMILES string of the molecule is O=C(Nc1cccc(-n2cccn2)c1)C1CCCN(C2CSCCSC2)C1. The first-order valence-corrected chi connectivity index (χ1v) is 11.9. The first-order valence-electron chi connectivity index (χ1n) is 9.60. The minimum atomic E-state index is 0.0744. The van der Waals surface area contributed by atoms with E-state index < -0.39 is 0 Å². The van der Waals surface area contributed by atoms with E-state index in [2.05, 4.69) is 38.8 Å². The summed E-state index contributed by atoms with van der Waals surface area (Å²) in [6.45, 7) is 2.01. The number of nitrogens with zero attached hydrogens (tertiary/aromatic N) is 3. The number of likely N-dealkylation sites (tertiary alicyclic amines) is 1. The van der Waals surface area contributed by atoms with E-state index in [1.807, 2.05) is 36.5 Å². The van der Waals surface area contributed by atoms with E-state index in [1.54, 1.807) is 10.9 Å². The molecule has 4 rings (SSSR count). The highest BCUT2D eigenvalue weighted by Gasteiger charge is 2.30. The topological polar surface area (TPSA) is 50.2 Å². The van der Waals surface area contributed by atoms with Gasteiger partial charge >= 0.3 is 0 Å².